The van der Waals surface area contributed by atoms with Crippen molar-refractivity contribution in [3.63, 3.8) is 0 Å². The van der Waals surface area contributed by atoms with Crippen molar-refractivity contribution in [2.75, 3.05) is 26.2 Å². The summed E-state index contributed by atoms with van der Waals surface area (Å²) < 4.78 is 6.21. The Morgan fingerprint density at radius 1 is 0.923 bits per heavy atom. The summed E-state index contributed by atoms with van der Waals surface area (Å²) in [6.45, 7) is 3.00. The molecule has 4 aromatic rings. The monoisotopic (exact) mass is 524 g/mol. The third kappa shape index (κ3) is 7.06. The van der Waals surface area contributed by atoms with Crippen LogP contribution in [0.1, 0.15) is 46.3 Å². The van der Waals surface area contributed by atoms with Crippen molar-refractivity contribution >= 4 is 22.7 Å². The second kappa shape index (κ2) is 13.1. The Morgan fingerprint density at radius 3 is 2.67 bits per heavy atom. The normalized spacial score (nSPS) is 15.2. The summed E-state index contributed by atoms with van der Waals surface area (Å²) >= 11 is 0. The Morgan fingerprint density at radius 2 is 1.77 bits per heavy atom. The van der Waals surface area contributed by atoms with Gasteiger partial charge in [-0.1, -0.05) is 54.6 Å². The zero-order valence-corrected chi connectivity index (χ0v) is 22.2. The number of nitrogens with zero attached hydrogens (tertiary/aromatic N) is 1. The first kappa shape index (κ1) is 26.5. The Balaban J connectivity index is 1.36. The fourth-order valence-corrected chi connectivity index (χ4v) is 5.13. The van der Waals surface area contributed by atoms with Gasteiger partial charge in [0.25, 0.3) is 5.91 Å². The van der Waals surface area contributed by atoms with Gasteiger partial charge in [-0.25, -0.2) is 0 Å². The molecule has 7 heteroatoms. The van der Waals surface area contributed by atoms with E-state index in [1.165, 1.54) is 10.9 Å². The highest BCUT2D eigenvalue weighted by atomic mass is 16.5. The maximum atomic E-state index is 13.5. The standard InChI is InChI=1S/C32H36N4O3/c37-31-23-36(21-24-10-3-1-4-11-24)22-28-27(13-9-15-30(28)39-19-8-2-7-17-33-31)32(38)34-18-16-25-20-35-29-14-6-5-12-26(25)29/h1,3-6,9-15,20,35H,2,7-8,16-19,21-23H2,(H,33,37)(H,34,38). The molecular weight excluding hydrogens is 488 g/mol. The molecule has 1 aliphatic rings. The summed E-state index contributed by atoms with van der Waals surface area (Å²) in [7, 11) is 0. The van der Waals surface area contributed by atoms with Crippen molar-refractivity contribution in [3.8, 4) is 5.75 Å². The van der Waals surface area contributed by atoms with Gasteiger partial charge in [-0.05, 0) is 55.0 Å². The van der Waals surface area contributed by atoms with Gasteiger partial charge in [0.05, 0.1) is 13.2 Å². The molecule has 3 aromatic carbocycles. The number of hydrogen-bond donors (Lipinski definition) is 3. The topological polar surface area (TPSA) is 86.5 Å². The van der Waals surface area contributed by atoms with Crippen molar-refractivity contribution in [1.82, 2.24) is 20.5 Å². The minimum atomic E-state index is -0.135. The van der Waals surface area contributed by atoms with E-state index in [0.29, 0.717) is 44.1 Å². The first-order valence-corrected chi connectivity index (χ1v) is 13.8. The highest BCUT2D eigenvalue weighted by Crippen LogP contribution is 2.26. The highest BCUT2D eigenvalue weighted by Gasteiger charge is 2.21. The van der Waals surface area contributed by atoms with E-state index < -0.39 is 0 Å². The molecule has 1 aromatic heterocycles. The third-order valence-corrected chi connectivity index (χ3v) is 7.13. The van der Waals surface area contributed by atoms with Gasteiger partial charge in [0.2, 0.25) is 5.91 Å². The number of carbonyl (C=O) groups excluding carboxylic acids is 2. The fourth-order valence-electron chi connectivity index (χ4n) is 5.13. The summed E-state index contributed by atoms with van der Waals surface area (Å²) in [5.41, 5.74) is 4.77. The van der Waals surface area contributed by atoms with Crippen molar-refractivity contribution in [2.45, 2.75) is 38.8 Å². The lowest BCUT2D eigenvalue weighted by Gasteiger charge is -2.24. The van der Waals surface area contributed by atoms with Crippen LogP contribution < -0.4 is 15.4 Å². The van der Waals surface area contributed by atoms with Crippen LogP contribution in [0.4, 0.5) is 0 Å². The van der Waals surface area contributed by atoms with Gasteiger partial charge in [0.1, 0.15) is 5.75 Å². The summed E-state index contributed by atoms with van der Waals surface area (Å²) in [6.07, 6.45) is 5.51. The molecule has 0 spiro atoms. The molecule has 1 aliphatic heterocycles. The van der Waals surface area contributed by atoms with Gasteiger partial charge in [0.15, 0.2) is 0 Å². The lowest BCUT2D eigenvalue weighted by atomic mass is 10.0. The number of hydrogen-bond acceptors (Lipinski definition) is 4. The predicted molar refractivity (Wildman–Crippen MR) is 154 cm³/mol. The molecule has 2 heterocycles. The average Bonchev–Trinajstić information content (AvgIpc) is 3.36. The molecule has 0 saturated heterocycles. The van der Waals surface area contributed by atoms with Crippen LogP contribution in [-0.4, -0.2) is 47.9 Å². The lowest BCUT2D eigenvalue weighted by molar-refractivity contribution is -0.122. The van der Waals surface area contributed by atoms with Gasteiger partial charge in [-0.15, -0.1) is 0 Å². The van der Waals surface area contributed by atoms with E-state index in [-0.39, 0.29) is 18.4 Å². The number of aromatic amines is 1. The molecule has 0 bridgehead atoms. The van der Waals surface area contributed by atoms with Crippen molar-refractivity contribution in [1.29, 1.82) is 0 Å². The zero-order valence-electron chi connectivity index (χ0n) is 22.2. The number of para-hydroxylation sites is 1. The van der Waals surface area contributed by atoms with Crippen LogP contribution in [0.5, 0.6) is 5.75 Å². The molecule has 7 nitrogen and oxygen atoms in total. The molecule has 0 unspecified atom stereocenters. The van der Waals surface area contributed by atoms with Crippen LogP contribution in [0.25, 0.3) is 10.9 Å². The van der Waals surface area contributed by atoms with E-state index in [1.54, 1.807) is 0 Å². The number of ether oxygens (including phenoxy) is 1. The summed E-state index contributed by atoms with van der Waals surface area (Å²) in [4.78, 5) is 31.7. The Hall–Kier alpha value is -4.10. The fraction of sp³-hybridized carbons (Fsp3) is 0.312. The summed E-state index contributed by atoms with van der Waals surface area (Å²) in [5, 5.41) is 7.34. The SMILES string of the molecule is O=C1CN(Cc2ccccc2)Cc2c(cccc2C(=O)NCCc2c[nH]c3ccccc23)OCCCCCN1. The smallest absolute Gasteiger partial charge is 0.251 e. The van der Waals surface area contributed by atoms with Crippen LogP contribution in [0.15, 0.2) is 79.0 Å². The maximum Gasteiger partial charge on any atom is 0.251 e. The first-order valence-electron chi connectivity index (χ1n) is 13.8. The van der Waals surface area contributed by atoms with E-state index in [4.69, 9.17) is 4.74 Å². The van der Waals surface area contributed by atoms with Gasteiger partial charge >= 0.3 is 0 Å². The number of carbonyl (C=O) groups is 2. The number of nitrogens with one attached hydrogen (secondary N) is 3. The van der Waals surface area contributed by atoms with Gasteiger partial charge in [0, 0.05) is 54.4 Å². The summed E-state index contributed by atoms with van der Waals surface area (Å²) in [5.74, 6) is 0.564. The van der Waals surface area contributed by atoms with Crippen LogP contribution in [0.3, 0.4) is 0 Å². The summed E-state index contributed by atoms with van der Waals surface area (Å²) in [6, 6.07) is 23.9. The molecular formula is C32H36N4O3. The number of aromatic nitrogens is 1. The average molecular weight is 525 g/mol. The quantitative estimate of drug-likeness (QED) is 0.338. The molecule has 0 aliphatic carbocycles. The van der Waals surface area contributed by atoms with Crippen LogP contribution >= 0.6 is 0 Å². The predicted octanol–water partition coefficient (Wildman–Crippen LogP) is 4.82. The van der Waals surface area contributed by atoms with E-state index in [0.717, 1.165) is 42.3 Å². The molecule has 202 valence electrons. The van der Waals surface area contributed by atoms with Gasteiger partial charge < -0.3 is 20.4 Å². The van der Waals surface area contributed by atoms with Crippen LogP contribution in [0, 0.1) is 0 Å². The second-order valence-corrected chi connectivity index (χ2v) is 10.0. The third-order valence-electron chi connectivity index (χ3n) is 7.13. The lowest BCUT2D eigenvalue weighted by Crippen LogP contribution is -2.37. The van der Waals surface area contributed by atoms with E-state index in [9.17, 15) is 9.59 Å². The molecule has 0 fully saturated rings. The maximum absolute atomic E-state index is 13.5. The highest BCUT2D eigenvalue weighted by molar-refractivity contribution is 5.96. The molecule has 3 N–H and O–H groups in total. The molecule has 0 saturated carbocycles. The minimum Gasteiger partial charge on any atom is -0.493 e. The van der Waals surface area contributed by atoms with E-state index in [2.05, 4.69) is 44.8 Å². The van der Waals surface area contributed by atoms with Crippen LogP contribution in [-0.2, 0) is 24.3 Å². The van der Waals surface area contributed by atoms with Crippen molar-refractivity contribution in [2.24, 2.45) is 0 Å². The largest absolute Gasteiger partial charge is 0.493 e. The van der Waals surface area contributed by atoms with Crippen molar-refractivity contribution in [3.05, 3.63) is 101 Å². The zero-order chi connectivity index (χ0) is 26.9. The molecule has 0 atom stereocenters. The Bertz CT molecular complexity index is 1400. The van der Waals surface area contributed by atoms with E-state index in [1.807, 2.05) is 54.7 Å². The van der Waals surface area contributed by atoms with Crippen LogP contribution in [0.2, 0.25) is 0 Å². The molecule has 0 radical (unpaired) electrons. The molecule has 2 amide bonds. The number of benzene rings is 3. The number of H-pyrrole nitrogens is 1. The minimum absolute atomic E-state index is 0.00620. The van der Waals surface area contributed by atoms with E-state index >= 15 is 0 Å². The number of amides is 2. The Kier molecular flexibility index (Phi) is 8.91. The van der Waals surface area contributed by atoms with Gasteiger partial charge in [-0.2, -0.15) is 0 Å². The Labute approximate surface area is 229 Å². The number of rotatable bonds is 6. The molecule has 5 rings (SSSR count). The van der Waals surface area contributed by atoms with Crippen molar-refractivity contribution < 1.29 is 14.3 Å². The second-order valence-electron chi connectivity index (χ2n) is 10.0. The molecule has 39 heavy (non-hydrogen) atoms. The number of fused-ring (bicyclic) bond motifs is 2. The first-order chi connectivity index (χ1) is 19.2. The van der Waals surface area contributed by atoms with Gasteiger partial charge in [-0.3, -0.25) is 14.5 Å².